The fourth-order valence-corrected chi connectivity index (χ4v) is 3.95. The first-order chi connectivity index (χ1) is 15.6. The van der Waals surface area contributed by atoms with Gasteiger partial charge in [-0.1, -0.05) is 34.8 Å². The normalized spacial score (nSPS) is 18.3. The minimum Gasteiger partial charge on any atom is -0.350 e. The number of rotatable bonds is 6. The lowest BCUT2D eigenvalue weighted by molar-refractivity contribution is -0.137. The largest absolute Gasteiger partial charge is 0.416 e. The molecule has 2 aromatic rings. The van der Waals surface area contributed by atoms with Gasteiger partial charge in [0.25, 0.3) is 11.8 Å². The average molecular weight is 526 g/mol. The summed E-state index contributed by atoms with van der Waals surface area (Å²) in [5, 5.41) is 8.12. The van der Waals surface area contributed by atoms with E-state index in [4.69, 9.17) is 0 Å². The molecule has 2 atom stereocenters. The van der Waals surface area contributed by atoms with Gasteiger partial charge in [-0.3, -0.25) is 14.4 Å². The molecule has 33 heavy (non-hydrogen) atoms. The first-order valence-corrected chi connectivity index (χ1v) is 11.2. The summed E-state index contributed by atoms with van der Waals surface area (Å²) in [4.78, 5) is 37.1. The van der Waals surface area contributed by atoms with Crippen molar-refractivity contribution in [3.8, 4) is 0 Å². The lowest BCUT2D eigenvalue weighted by atomic mass is 9.90. The predicted octanol–water partition coefficient (Wildman–Crippen LogP) is 4.06. The second kappa shape index (κ2) is 10.8. The highest BCUT2D eigenvalue weighted by atomic mass is 79.9. The molecule has 3 N–H and O–H groups in total. The molecule has 1 fully saturated rings. The summed E-state index contributed by atoms with van der Waals surface area (Å²) in [5.41, 5.74) is -0.622. The van der Waals surface area contributed by atoms with E-state index in [-0.39, 0.29) is 30.1 Å². The van der Waals surface area contributed by atoms with E-state index in [1.807, 2.05) is 0 Å². The van der Waals surface area contributed by atoms with Crippen LogP contribution >= 0.6 is 15.9 Å². The van der Waals surface area contributed by atoms with Crippen LogP contribution in [0.25, 0.3) is 0 Å². The summed E-state index contributed by atoms with van der Waals surface area (Å²) in [6.45, 7) is -0.390. The predicted molar refractivity (Wildman–Crippen MR) is 120 cm³/mol. The average Bonchev–Trinajstić information content (AvgIpc) is 2.78. The zero-order valence-electron chi connectivity index (χ0n) is 17.5. The standard InChI is InChI=1S/C23H23BrF3N3O3/c24-17-10-8-14(9-11-17)22(33)30-19-7-2-1-6-18(19)29-20(31)13-28-21(32)15-4-3-5-16(12-15)23(25,26)27/h3-5,8-12,18-19H,1-2,6-7,13H2,(H,28,32)(H,29,31)(H,30,33). The number of benzene rings is 2. The molecule has 1 aliphatic carbocycles. The molecule has 10 heteroatoms. The fourth-order valence-electron chi connectivity index (χ4n) is 3.69. The smallest absolute Gasteiger partial charge is 0.350 e. The molecule has 0 aromatic heterocycles. The third kappa shape index (κ3) is 7.05. The number of carbonyl (C=O) groups excluding carboxylic acids is 3. The van der Waals surface area contributed by atoms with Crippen molar-refractivity contribution in [2.75, 3.05) is 6.54 Å². The van der Waals surface area contributed by atoms with Crippen LogP contribution in [0.1, 0.15) is 52.0 Å². The van der Waals surface area contributed by atoms with E-state index in [1.165, 1.54) is 6.07 Å². The van der Waals surface area contributed by atoms with Gasteiger partial charge in [0.1, 0.15) is 0 Å². The molecule has 1 saturated carbocycles. The quantitative estimate of drug-likeness (QED) is 0.531. The maximum absolute atomic E-state index is 12.8. The molecule has 0 spiro atoms. The molecule has 0 aliphatic heterocycles. The van der Waals surface area contributed by atoms with Crippen LogP contribution < -0.4 is 16.0 Å². The molecule has 0 bridgehead atoms. The highest BCUT2D eigenvalue weighted by Gasteiger charge is 2.31. The van der Waals surface area contributed by atoms with Gasteiger partial charge in [-0.2, -0.15) is 13.2 Å². The molecule has 176 valence electrons. The molecular formula is C23H23BrF3N3O3. The Morgan fingerprint density at radius 1 is 0.879 bits per heavy atom. The molecule has 0 saturated heterocycles. The maximum atomic E-state index is 12.8. The number of halogens is 4. The molecule has 0 radical (unpaired) electrons. The summed E-state index contributed by atoms with van der Waals surface area (Å²) in [7, 11) is 0. The molecular weight excluding hydrogens is 503 g/mol. The highest BCUT2D eigenvalue weighted by Crippen LogP contribution is 2.29. The van der Waals surface area contributed by atoms with Gasteiger partial charge in [-0.15, -0.1) is 0 Å². The molecule has 6 nitrogen and oxygen atoms in total. The summed E-state index contributed by atoms with van der Waals surface area (Å²) in [6.07, 6.45) is -1.41. The first-order valence-electron chi connectivity index (χ1n) is 10.4. The van der Waals surface area contributed by atoms with E-state index < -0.39 is 23.6 Å². The van der Waals surface area contributed by atoms with Crippen LogP contribution in [0, 0.1) is 0 Å². The van der Waals surface area contributed by atoms with E-state index in [0.29, 0.717) is 18.4 Å². The summed E-state index contributed by atoms with van der Waals surface area (Å²) in [5.74, 6) is -1.50. The van der Waals surface area contributed by atoms with Gasteiger partial charge in [-0.25, -0.2) is 0 Å². The first kappa shape index (κ1) is 24.8. The van der Waals surface area contributed by atoms with Crippen molar-refractivity contribution < 1.29 is 27.6 Å². The second-order valence-corrected chi connectivity index (χ2v) is 8.72. The van der Waals surface area contributed by atoms with Gasteiger partial charge >= 0.3 is 6.18 Å². The van der Waals surface area contributed by atoms with Gasteiger partial charge in [-0.05, 0) is 55.3 Å². The minimum absolute atomic E-state index is 0.185. The van der Waals surface area contributed by atoms with Crippen LogP contribution in [0.15, 0.2) is 53.0 Å². The lowest BCUT2D eigenvalue weighted by Crippen LogP contribution is -2.54. The number of hydrogen-bond acceptors (Lipinski definition) is 3. The Hall–Kier alpha value is -2.88. The van der Waals surface area contributed by atoms with Crippen LogP contribution in [0.4, 0.5) is 13.2 Å². The van der Waals surface area contributed by atoms with E-state index in [2.05, 4.69) is 31.9 Å². The van der Waals surface area contributed by atoms with Gasteiger partial charge in [0.05, 0.1) is 12.1 Å². The van der Waals surface area contributed by atoms with Gasteiger partial charge in [0.15, 0.2) is 0 Å². The highest BCUT2D eigenvalue weighted by molar-refractivity contribution is 9.10. The Bertz CT molecular complexity index is 1010. The summed E-state index contributed by atoms with van der Waals surface area (Å²) in [6, 6.07) is 10.3. The van der Waals surface area contributed by atoms with Crippen LogP contribution in [-0.2, 0) is 11.0 Å². The summed E-state index contributed by atoms with van der Waals surface area (Å²) < 4.78 is 39.3. The van der Waals surface area contributed by atoms with Crippen LogP contribution in [0.5, 0.6) is 0 Å². The number of carbonyl (C=O) groups is 3. The van der Waals surface area contributed by atoms with Crippen molar-refractivity contribution in [2.24, 2.45) is 0 Å². The summed E-state index contributed by atoms with van der Waals surface area (Å²) >= 11 is 3.32. The third-order valence-electron chi connectivity index (χ3n) is 5.40. The molecule has 2 aromatic carbocycles. The van der Waals surface area contributed by atoms with Crippen LogP contribution in [-0.4, -0.2) is 36.3 Å². The fraction of sp³-hybridized carbons (Fsp3) is 0.348. The lowest BCUT2D eigenvalue weighted by Gasteiger charge is -2.33. The monoisotopic (exact) mass is 525 g/mol. The third-order valence-corrected chi connectivity index (χ3v) is 5.93. The van der Waals surface area contributed by atoms with Gasteiger partial charge in [0.2, 0.25) is 5.91 Å². The Labute approximate surface area is 197 Å². The Kier molecular flexibility index (Phi) is 8.12. The maximum Gasteiger partial charge on any atom is 0.416 e. The van der Waals surface area contributed by atoms with Crippen molar-refractivity contribution >= 4 is 33.7 Å². The topological polar surface area (TPSA) is 87.3 Å². The van der Waals surface area contributed by atoms with Gasteiger partial charge in [0, 0.05) is 27.7 Å². The Morgan fingerprint density at radius 2 is 1.52 bits per heavy atom. The van der Waals surface area contributed by atoms with Crippen molar-refractivity contribution in [3.63, 3.8) is 0 Å². The van der Waals surface area contributed by atoms with E-state index in [0.717, 1.165) is 35.5 Å². The molecule has 0 heterocycles. The van der Waals surface area contributed by atoms with Crippen LogP contribution in [0.2, 0.25) is 0 Å². The van der Waals surface area contributed by atoms with E-state index >= 15 is 0 Å². The molecule has 1 aliphatic rings. The van der Waals surface area contributed by atoms with Crippen molar-refractivity contribution in [3.05, 3.63) is 69.7 Å². The number of nitrogens with one attached hydrogen (secondary N) is 3. The second-order valence-electron chi connectivity index (χ2n) is 7.81. The molecule has 3 rings (SSSR count). The SMILES string of the molecule is O=C(CNC(=O)c1cccc(C(F)(F)F)c1)NC1CCCCC1NC(=O)c1ccc(Br)cc1. The molecule has 3 amide bonds. The molecule has 2 unspecified atom stereocenters. The Morgan fingerprint density at radius 3 is 2.15 bits per heavy atom. The number of alkyl halides is 3. The Balaban J connectivity index is 1.54. The van der Waals surface area contributed by atoms with Crippen LogP contribution in [0.3, 0.4) is 0 Å². The zero-order valence-corrected chi connectivity index (χ0v) is 19.1. The van der Waals surface area contributed by atoms with Gasteiger partial charge < -0.3 is 16.0 Å². The minimum atomic E-state index is -4.57. The number of amides is 3. The van der Waals surface area contributed by atoms with Crippen molar-refractivity contribution in [2.45, 2.75) is 43.9 Å². The van der Waals surface area contributed by atoms with E-state index in [1.54, 1.807) is 24.3 Å². The van der Waals surface area contributed by atoms with Crippen molar-refractivity contribution in [1.82, 2.24) is 16.0 Å². The zero-order chi connectivity index (χ0) is 24.0. The van der Waals surface area contributed by atoms with E-state index in [9.17, 15) is 27.6 Å². The number of hydrogen-bond donors (Lipinski definition) is 3. The van der Waals surface area contributed by atoms with Crippen molar-refractivity contribution in [1.29, 1.82) is 0 Å².